The summed E-state index contributed by atoms with van der Waals surface area (Å²) in [6.07, 6.45) is 86.0. The molecule has 0 aliphatic heterocycles. The van der Waals surface area contributed by atoms with Gasteiger partial charge in [-0.25, -0.2) is 0 Å². The summed E-state index contributed by atoms with van der Waals surface area (Å²) in [5.74, 6) is -0.204. The molecule has 2 N–H and O–H groups in total. The second-order valence-electron chi connectivity index (χ2n) is 22.7. The third kappa shape index (κ3) is 60.8. The highest BCUT2D eigenvalue weighted by Gasteiger charge is 2.23. The van der Waals surface area contributed by atoms with Crippen molar-refractivity contribution in [2.45, 2.75) is 283 Å². The predicted octanol–water partition coefficient (Wildman–Crippen LogP) is 19.7. The fourth-order valence-corrected chi connectivity index (χ4v) is 9.72. The average molecular weight is 1110 g/mol. The van der Waals surface area contributed by atoms with Gasteiger partial charge >= 0.3 is 0 Å². The van der Waals surface area contributed by atoms with Gasteiger partial charge in [0.2, 0.25) is 5.91 Å². The van der Waals surface area contributed by atoms with E-state index in [1.165, 1.54) is 154 Å². The van der Waals surface area contributed by atoms with Gasteiger partial charge in [-0.05, 0) is 83.5 Å². The minimum atomic E-state index is -4.61. The van der Waals surface area contributed by atoms with Gasteiger partial charge in [0.25, 0.3) is 7.82 Å². The number of phosphoric ester groups is 1. The first kappa shape index (κ1) is 75.2. The summed E-state index contributed by atoms with van der Waals surface area (Å²) < 4.78 is 23.4. The van der Waals surface area contributed by atoms with Gasteiger partial charge < -0.3 is 28.8 Å². The van der Waals surface area contributed by atoms with Gasteiger partial charge in [-0.1, -0.05) is 290 Å². The third-order valence-corrected chi connectivity index (χ3v) is 15.0. The Morgan fingerprint density at radius 2 is 0.782 bits per heavy atom. The minimum absolute atomic E-state index is 0.00614. The topological polar surface area (TPSA) is 108 Å². The molecule has 0 saturated carbocycles. The number of allylic oxidation sites excluding steroid dienone is 17. The van der Waals surface area contributed by atoms with Gasteiger partial charge in [0.1, 0.15) is 13.2 Å². The Hall–Kier alpha value is -2.84. The molecule has 0 saturated heterocycles. The summed E-state index contributed by atoms with van der Waals surface area (Å²) in [5, 5.41) is 13.9. The van der Waals surface area contributed by atoms with E-state index in [0.29, 0.717) is 17.4 Å². The first-order valence-electron chi connectivity index (χ1n) is 32.2. The van der Waals surface area contributed by atoms with E-state index in [4.69, 9.17) is 9.05 Å². The van der Waals surface area contributed by atoms with Crippen molar-refractivity contribution in [3.05, 3.63) is 109 Å². The average Bonchev–Trinajstić information content (AvgIpc) is 3.41. The van der Waals surface area contributed by atoms with E-state index in [-0.39, 0.29) is 19.1 Å². The second-order valence-corrected chi connectivity index (χ2v) is 24.1. The molecule has 0 aromatic heterocycles. The number of aliphatic hydroxyl groups excluding tert-OH is 1. The van der Waals surface area contributed by atoms with Gasteiger partial charge in [0.15, 0.2) is 0 Å². The molecule has 0 aliphatic rings. The van der Waals surface area contributed by atoms with E-state index in [1.807, 2.05) is 27.2 Å². The van der Waals surface area contributed by atoms with Crippen LogP contribution in [0.25, 0.3) is 0 Å². The molecule has 0 aromatic rings. The van der Waals surface area contributed by atoms with Crippen LogP contribution in [0.2, 0.25) is 0 Å². The molecule has 78 heavy (non-hydrogen) atoms. The van der Waals surface area contributed by atoms with Crippen LogP contribution in [-0.2, 0) is 18.4 Å². The number of likely N-dealkylation sites (N-methyl/N-ethyl adjacent to an activating group) is 1. The molecule has 0 aromatic carbocycles. The maximum Gasteiger partial charge on any atom is 0.268 e. The van der Waals surface area contributed by atoms with Crippen LogP contribution in [0, 0.1) is 0 Å². The summed E-state index contributed by atoms with van der Waals surface area (Å²) >= 11 is 0. The molecule has 0 heterocycles. The molecule has 450 valence electrons. The molecule has 0 bridgehead atoms. The van der Waals surface area contributed by atoms with Crippen molar-refractivity contribution in [3.8, 4) is 0 Å². The molecule has 0 rings (SSSR count). The van der Waals surface area contributed by atoms with Crippen LogP contribution >= 0.6 is 7.82 Å². The predicted molar refractivity (Wildman–Crippen MR) is 339 cm³/mol. The first-order valence-corrected chi connectivity index (χ1v) is 33.7. The van der Waals surface area contributed by atoms with E-state index < -0.39 is 20.0 Å². The van der Waals surface area contributed by atoms with Crippen LogP contribution in [0.15, 0.2) is 109 Å². The number of carbonyl (C=O) groups is 1. The number of quaternary nitrogens is 1. The summed E-state index contributed by atoms with van der Waals surface area (Å²) in [6.45, 7) is 4.55. The standard InChI is InChI=1S/C69H123N2O6P/c1-6-8-10-12-14-16-18-20-22-24-26-28-29-30-31-32-33-34-35-36-37-38-39-40-41-43-45-47-49-51-53-55-57-59-61-63-69(73)70-67(66-77-78(74,75)76-65-64-71(3,4)5)68(72)62-60-58-56-54-52-50-48-46-44-42-27-25-23-21-19-17-15-13-11-9-7-2/h8,10,14,16,20,22,26,28,30-31,33-34,36-37,39-40,60,62,67-68,72H,6-7,9,11-13,15,17-19,21,23-25,27,29,32,35,38,41-59,61,63-66H2,1-5H3,(H-,70,73,74,75)/b10-8-,16-14-,22-20-,28-26-,31-30-,34-33-,37-36-,40-39-,62-60+. The van der Waals surface area contributed by atoms with E-state index in [0.717, 1.165) is 96.3 Å². The van der Waals surface area contributed by atoms with Crippen LogP contribution in [0.4, 0.5) is 0 Å². The molecule has 0 fully saturated rings. The van der Waals surface area contributed by atoms with E-state index in [1.54, 1.807) is 6.08 Å². The molecular weight excluding hydrogens is 984 g/mol. The lowest BCUT2D eigenvalue weighted by atomic mass is 10.0. The van der Waals surface area contributed by atoms with Gasteiger partial charge in [0.05, 0.1) is 39.9 Å². The molecule has 9 heteroatoms. The van der Waals surface area contributed by atoms with Gasteiger partial charge in [-0.2, -0.15) is 0 Å². The normalized spacial score (nSPS) is 14.5. The Labute approximate surface area is 482 Å². The van der Waals surface area contributed by atoms with Crippen LogP contribution in [0.5, 0.6) is 0 Å². The number of nitrogens with zero attached hydrogens (tertiary/aromatic N) is 1. The number of amides is 1. The molecule has 0 radical (unpaired) electrons. The van der Waals surface area contributed by atoms with Crippen molar-refractivity contribution >= 4 is 13.7 Å². The Balaban J connectivity index is 4.16. The number of rotatable bonds is 58. The largest absolute Gasteiger partial charge is 0.756 e. The number of aliphatic hydroxyl groups is 1. The number of hydrogen-bond donors (Lipinski definition) is 2. The van der Waals surface area contributed by atoms with Crippen molar-refractivity contribution < 1.29 is 32.9 Å². The summed E-state index contributed by atoms with van der Waals surface area (Å²) in [6, 6.07) is -0.897. The van der Waals surface area contributed by atoms with Crippen molar-refractivity contribution in [3.63, 3.8) is 0 Å². The minimum Gasteiger partial charge on any atom is -0.756 e. The molecule has 1 amide bonds. The molecule has 8 nitrogen and oxygen atoms in total. The Morgan fingerprint density at radius 1 is 0.462 bits per heavy atom. The third-order valence-electron chi connectivity index (χ3n) is 14.0. The van der Waals surface area contributed by atoms with Crippen molar-refractivity contribution in [2.24, 2.45) is 0 Å². The maximum absolute atomic E-state index is 13.0. The van der Waals surface area contributed by atoms with Gasteiger partial charge in [-0.15, -0.1) is 0 Å². The monoisotopic (exact) mass is 1110 g/mol. The molecular formula is C69H123N2O6P. The number of carbonyl (C=O) groups excluding carboxylic acids is 1. The zero-order valence-corrected chi connectivity index (χ0v) is 52.2. The zero-order chi connectivity index (χ0) is 57.0. The zero-order valence-electron chi connectivity index (χ0n) is 51.3. The summed E-state index contributed by atoms with van der Waals surface area (Å²) in [7, 11) is 1.25. The molecule has 0 aliphatic carbocycles. The number of hydrogen-bond acceptors (Lipinski definition) is 6. The highest BCUT2D eigenvalue weighted by molar-refractivity contribution is 7.45. The highest BCUT2D eigenvalue weighted by Crippen LogP contribution is 2.38. The van der Waals surface area contributed by atoms with Crippen molar-refractivity contribution in [2.75, 3.05) is 40.9 Å². The van der Waals surface area contributed by atoms with Crippen LogP contribution in [0.3, 0.4) is 0 Å². The van der Waals surface area contributed by atoms with Gasteiger partial charge in [-0.3, -0.25) is 9.36 Å². The van der Waals surface area contributed by atoms with Crippen LogP contribution in [0.1, 0.15) is 271 Å². The first-order chi connectivity index (χ1) is 38.0. The fourth-order valence-electron chi connectivity index (χ4n) is 8.99. The summed E-state index contributed by atoms with van der Waals surface area (Å²) in [5.41, 5.74) is 0. The lowest BCUT2D eigenvalue weighted by molar-refractivity contribution is -0.870. The van der Waals surface area contributed by atoms with E-state index >= 15 is 0 Å². The lowest BCUT2D eigenvalue weighted by Crippen LogP contribution is -2.45. The quantitative estimate of drug-likeness (QED) is 0.0272. The maximum atomic E-state index is 13.0. The fraction of sp³-hybridized carbons (Fsp3) is 0.725. The smallest absolute Gasteiger partial charge is 0.268 e. The SMILES string of the molecule is CC/C=C\C/C=C\C/C=C\C/C=C\C/C=C\C/C=C\C/C=C\C/C=C\CCCCCCCCCCCCC(=O)NC(COP(=O)([O-])OCC[N+](C)(C)C)C(O)/C=C/CCCCCCCCCCCCCCCCCCCCC. The highest BCUT2D eigenvalue weighted by atomic mass is 31.2. The number of nitrogens with one attached hydrogen (secondary N) is 1. The van der Waals surface area contributed by atoms with Crippen molar-refractivity contribution in [1.29, 1.82) is 0 Å². The Morgan fingerprint density at radius 3 is 1.14 bits per heavy atom. The molecule has 3 unspecified atom stereocenters. The lowest BCUT2D eigenvalue weighted by Gasteiger charge is -2.29. The van der Waals surface area contributed by atoms with Crippen molar-refractivity contribution in [1.82, 2.24) is 5.32 Å². The Kier molecular flexibility index (Phi) is 56.7. The molecule has 3 atom stereocenters. The Bertz CT molecular complexity index is 1640. The van der Waals surface area contributed by atoms with Crippen LogP contribution in [-0.4, -0.2) is 68.5 Å². The van der Waals surface area contributed by atoms with Gasteiger partial charge in [0, 0.05) is 6.42 Å². The molecule has 0 spiro atoms. The number of phosphoric acid groups is 1. The van der Waals surface area contributed by atoms with E-state index in [2.05, 4.69) is 116 Å². The van der Waals surface area contributed by atoms with E-state index in [9.17, 15) is 19.4 Å². The number of unbranched alkanes of at least 4 members (excludes halogenated alkanes) is 29. The summed E-state index contributed by atoms with van der Waals surface area (Å²) in [4.78, 5) is 25.6. The second kappa shape index (κ2) is 58.8. The van der Waals surface area contributed by atoms with Crippen LogP contribution < -0.4 is 10.2 Å².